The maximum atomic E-state index is 9.58. The molecule has 2 unspecified atom stereocenters. The van der Waals surface area contributed by atoms with Crippen LogP contribution in [0, 0.1) is 6.68 Å². The zero-order chi connectivity index (χ0) is 16.5. The predicted molar refractivity (Wildman–Crippen MR) is 78.0 cm³/mol. The van der Waals surface area contributed by atoms with Gasteiger partial charge in [0.25, 0.3) is 0 Å². The molecule has 0 saturated carbocycles. The quantitative estimate of drug-likeness (QED) is 0.524. The number of hydrogen-bond acceptors (Lipinski definition) is 3. The van der Waals surface area contributed by atoms with Crippen molar-refractivity contribution in [3.8, 4) is 0 Å². The molecule has 3 nitrogen and oxygen atoms in total. The molecule has 0 aromatic rings. The lowest BCUT2D eigenvalue weighted by Gasteiger charge is -1.97. The molecule has 2 heterocycles. The first-order valence-electron chi connectivity index (χ1n) is 7.65. The predicted octanol–water partition coefficient (Wildman–Crippen LogP) is 4.76. The Labute approximate surface area is 127 Å². The minimum absolute atomic E-state index is 0.432. The fourth-order valence-corrected chi connectivity index (χ4v) is 0.929. The number of unbranched alkanes of at least 4 members (excludes halogenated alkanes) is 1. The highest BCUT2D eigenvalue weighted by Crippen LogP contribution is 2.11. The molecule has 2 saturated heterocycles. The fraction of sp³-hybridized carbons (Fsp3) is 0.933. The van der Waals surface area contributed by atoms with Crippen LogP contribution < -0.4 is 0 Å². The summed E-state index contributed by atoms with van der Waals surface area (Å²) in [7, 11) is 0. The van der Waals surface area contributed by atoms with E-state index in [0.29, 0.717) is 12.2 Å². The van der Waals surface area contributed by atoms with Crippen molar-refractivity contribution in [2.75, 3.05) is 26.4 Å². The Morgan fingerprint density at radius 1 is 1.00 bits per heavy atom. The van der Waals surface area contributed by atoms with E-state index in [1.807, 2.05) is 0 Å². The van der Waals surface area contributed by atoms with Gasteiger partial charge < -0.3 is 14.2 Å². The van der Waals surface area contributed by atoms with Crippen LogP contribution in [-0.4, -0.2) is 38.6 Å². The Morgan fingerprint density at radius 3 is 1.67 bits per heavy atom. The van der Waals surface area contributed by atoms with Gasteiger partial charge in [-0.2, -0.15) is 13.2 Å². The molecular weight excluding hydrogens is 285 g/mol. The highest BCUT2D eigenvalue weighted by atomic mass is 19.4. The van der Waals surface area contributed by atoms with Crippen molar-refractivity contribution in [1.29, 1.82) is 0 Å². The number of hydrogen-bond donors (Lipinski definition) is 0. The van der Waals surface area contributed by atoms with Gasteiger partial charge in [0.05, 0.1) is 25.9 Å². The number of epoxide rings is 2. The first-order valence-corrected chi connectivity index (χ1v) is 7.65. The van der Waals surface area contributed by atoms with Crippen LogP contribution >= 0.6 is 0 Å². The standard InChI is InChI=1S/C7H14O2.C4H8O.C3H8.CF3/c1-2-3-4-8-5-7-6-9-7;1-2-4-3-5-4;1-3-2;2-1(3)4/h7H,2-6H2,1H3;4H,2-3H2,1H3;3H2,1-2H3;. The SMILES string of the molecule is CCC.CCC1CO1.CCCCOCC1CO1.F[C](F)F. The van der Waals surface area contributed by atoms with E-state index in [4.69, 9.17) is 14.2 Å². The summed E-state index contributed by atoms with van der Waals surface area (Å²) in [6.45, 7) is 9.09. The van der Waals surface area contributed by atoms with Crippen molar-refractivity contribution in [2.24, 2.45) is 0 Å². The monoisotopic (exact) mass is 315 g/mol. The van der Waals surface area contributed by atoms with Gasteiger partial charge in [-0.15, -0.1) is 0 Å². The van der Waals surface area contributed by atoms with Crippen LogP contribution in [0.2, 0.25) is 0 Å². The van der Waals surface area contributed by atoms with Gasteiger partial charge in [-0.05, 0) is 12.8 Å². The van der Waals surface area contributed by atoms with Gasteiger partial charge in [0.2, 0.25) is 0 Å². The molecule has 2 aliphatic rings. The molecule has 2 atom stereocenters. The molecule has 0 N–H and O–H groups in total. The lowest BCUT2D eigenvalue weighted by atomic mass is 10.4. The summed E-state index contributed by atoms with van der Waals surface area (Å²) in [5.74, 6) is 0. The van der Waals surface area contributed by atoms with E-state index in [9.17, 15) is 13.2 Å². The van der Waals surface area contributed by atoms with E-state index < -0.39 is 6.68 Å². The number of halogens is 3. The van der Waals surface area contributed by atoms with E-state index in [1.165, 1.54) is 25.7 Å². The van der Waals surface area contributed by atoms with Crippen molar-refractivity contribution < 1.29 is 27.4 Å². The van der Waals surface area contributed by atoms with Crippen LogP contribution in [0.15, 0.2) is 0 Å². The molecule has 129 valence electrons. The second kappa shape index (κ2) is 17.7. The minimum Gasteiger partial charge on any atom is -0.379 e. The van der Waals surface area contributed by atoms with Crippen molar-refractivity contribution in [2.45, 2.75) is 65.6 Å². The number of rotatable bonds is 6. The van der Waals surface area contributed by atoms with E-state index in [0.717, 1.165) is 26.4 Å². The van der Waals surface area contributed by atoms with Gasteiger partial charge >= 0.3 is 6.68 Å². The van der Waals surface area contributed by atoms with Gasteiger partial charge in [-0.25, -0.2) is 0 Å². The highest BCUT2D eigenvalue weighted by molar-refractivity contribution is 4.66. The minimum atomic E-state index is -3.08. The lowest BCUT2D eigenvalue weighted by molar-refractivity contribution is 0.114. The summed E-state index contributed by atoms with van der Waals surface area (Å²) in [5, 5.41) is 0. The average Bonchev–Trinajstić information content (AvgIpc) is 3.30. The third kappa shape index (κ3) is 32.9. The van der Waals surface area contributed by atoms with Gasteiger partial charge in [0.15, 0.2) is 0 Å². The zero-order valence-corrected chi connectivity index (χ0v) is 13.7. The largest absolute Gasteiger partial charge is 0.487 e. The van der Waals surface area contributed by atoms with E-state index >= 15 is 0 Å². The van der Waals surface area contributed by atoms with Crippen molar-refractivity contribution in [3.05, 3.63) is 6.68 Å². The second-order valence-electron chi connectivity index (χ2n) is 4.67. The molecule has 21 heavy (non-hydrogen) atoms. The normalized spacial score (nSPS) is 21.1. The summed E-state index contributed by atoms with van der Waals surface area (Å²) in [6.07, 6.45) is 5.90. The smallest absolute Gasteiger partial charge is 0.379 e. The number of ether oxygens (including phenoxy) is 3. The molecule has 0 aromatic carbocycles. The Balaban J connectivity index is 0. The second-order valence-corrected chi connectivity index (χ2v) is 4.67. The summed E-state index contributed by atoms with van der Waals surface area (Å²) >= 11 is 0. The molecule has 0 amide bonds. The lowest BCUT2D eigenvalue weighted by Crippen LogP contribution is -2.01. The van der Waals surface area contributed by atoms with Gasteiger partial charge in [0.1, 0.15) is 6.10 Å². The van der Waals surface area contributed by atoms with Crippen LogP contribution in [0.3, 0.4) is 0 Å². The first-order chi connectivity index (χ1) is 10.0. The molecule has 0 aromatic heterocycles. The third-order valence-corrected chi connectivity index (χ3v) is 2.21. The molecule has 0 spiro atoms. The molecular formula is C15H30F3O3. The third-order valence-electron chi connectivity index (χ3n) is 2.21. The van der Waals surface area contributed by atoms with Crippen molar-refractivity contribution >= 4 is 0 Å². The molecule has 1 radical (unpaired) electrons. The maximum Gasteiger partial charge on any atom is 0.487 e. The van der Waals surface area contributed by atoms with Crippen LogP contribution in [0.4, 0.5) is 13.2 Å². The van der Waals surface area contributed by atoms with Crippen LogP contribution in [0.25, 0.3) is 0 Å². The Morgan fingerprint density at radius 2 is 1.43 bits per heavy atom. The van der Waals surface area contributed by atoms with Gasteiger partial charge in [0, 0.05) is 6.61 Å². The zero-order valence-electron chi connectivity index (χ0n) is 13.7. The Kier molecular flexibility index (Phi) is 19.4. The van der Waals surface area contributed by atoms with E-state index in [2.05, 4.69) is 27.7 Å². The fourth-order valence-electron chi connectivity index (χ4n) is 0.929. The summed E-state index contributed by atoms with van der Waals surface area (Å²) in [5.41, 5.74) is 0. The summed E-state index contributed by atoms with van der Waals surface area (Å²) in [4.78, 5) is 0. The maximum absolute atomic E-state index is 9.58. The van der Waals surface area contributed by atoms with E-state index in [-0.39, 0.29) is 0 Å². The van der Waals surface area contributed by atoms with Crippen molar-refractivity contribution in [3.63, 3.8) is 0 Å². The molecule has 2 fully saturated rings. The molecule has 6 heteroatoms. The molecule has 2 aliphatic heterocycles. The summed E-state index contributed by atoms with van der Waals surface area (Å²) in [6, 6.07) is 0. The van der Waals surface area contributed by atoms with Crippen LogP contribution in [0.5, 0.6) is 0 Å². The van der Waals surface area contributed by atoms with Crippen LogP contribution in [-0.2, 0) is 14.2 Å². The van der Waals surface area contributed by atoms with Crippen molar-refractivity contribution in [1.82, 2.24) is 0 Å². The molecule has 0 aliphatic carbocycles. The Bertz CT molecular complexity index is 184. The first kappa shape index (κ1) is 22.9. The molecule has 0 bridgehead atoms. The van der Waals surface area contributed by atoms with E-state index in [1.54, 1.807) is 0 Å². The molecule has 2 rings (SSSR count). The van der Waals surface area contributed by atoms with Gasteiger partial charge in [-0.1, -0.05) is 40.5 Å². The van der Waals surface area contributed by atoms with Gasteiger partial charge in [-0.3, -0.25) is 0 Å². The highest BCUT2D eigenvalue weighted by Gasteiger charge is 2.21. The average molecular weight is 315 g/mol. The Hall–Kier alpha value is -0.330. The summed E-state index contributed by atoms with van der Waals surface area (Å²) < 4.78 is 43.8. The van der Waals surface area contributed by atoms with Crippen LogP contribution in [0.1, 0.15) is 53.4 Å². The topological polar surface area (TPSA) is 34.3 Å².